The molecule has 0 aliphatic rings. The van der Waals surface area contributed by atoms with E-state index in [0.29, 0.717) is 13.1 Å². The van der Waals surface area contributed by atoms with Crippen LogP contribution in [0.2, 0.25) is 0 Å². The first-order valence-electron chi connectivity index (χ1n) is 6.38. The zero-order chi connectivity index (χ0) is 14.2. The molecule has 23 heavy (non-hydrogen) atoms. The van der Waals surface area contributed by atoms with Gasteiger partial charge in [-0.2, -0.15) is 0 Å². The van der Waals surface area contributed by atoms with Crippen LogP contribution in [0.1, 0.15) is 51.4 Å². The molecule has 0 atom stereocenters. The maximum absolute atomic E-state index is 9.93. The number of hydrogen-bond donors (Lipinski definition) is 4. The first kappa shape index (κ1) is 43.6. The van der Waals surface area contributed by atoms with Crippen molar-refractivity contribution in [3.8, 4) is 0 Å². The normalized spacial score (nSPS) is 7.39. The number of carboxylic acids is 2. The molecule has 0 fully saturated rings. The number of aliphatic carboxylic acids is 2. The Bertz CT molecular complexity index is 206. The van der Waals surface area contributed by atoms with E-state index in [1.165, 1.54) is 0 Å². The molecular weight excluding hydrogens is 455 g/mol. The molecule has 0 spiro atoms. The zero-order valence-corrected chi connectivity index (χ0v) is 15.8. The first-order valence-corrected chi connectivity index (χ1v) is 6.38. The van der Waals surface area contributed by atoms with Crippen molar-refractivity contribution in [1.29, 1.82) is 0 Å². The van der Waals surface area contributed by atoms with Crippen LogP contribution in [0.15, 0.2) is 0 Å². The van der Waals surface area contributed by atoms with Crippen LogP contribution in [0.25, 0.3) is 12.3 Å². The summed E-state index contributed by atoms with van der Waals surface area (Å²) < 4.78 is 0. The number of nitrogens with two attached hydrogens (primary N) is 4. The van der Waals surface area contributed by atoms with E-state index in [1.807, 2.05) is 0 Å². The van der Waals surface area contributed by atoms with Crippen molar-refractivity contribution in [2.75, 3.05) is 13.1 Å². The Morgan fingerprint density at radius 2 is 0.913 bits per heavy atom. The van der Waals surface area contributed by atoms with E-state index in [4.69, 9.17) is 21.7 Å². The molecule has 0 aliphatic heterocycles. The molecule has 0 aliphatic carbocycles. The number of unbranched alkanes of at least 4 members (excludes halogenated alkanes) is 4. The average Bonchev–Trinajstić information content (AvgIpc) is 2.31. The third kappa shape index (κ3) is 60.7. The SMILES string of the molecule is NCCCCCC(=O)O.NCCCCCC(=O)O.[Cu+2].[Cu+].[Cu+].[NH2-].[NH2-]. The van der Waals surface area contributed by atoms with Gasteiger partial charge in [0.25, 0.3) is 0 Å². The Hall–Kier alpha value is 0.338. The van der Waals surface area contributed by atoms with Crippen molar-refractivity contribution in [2.24, 2.45) is 11.5 Å². The van der Waals surface area contributed by atoms with E-state index in [-0.39, 0.29) is 76.3 Å². The predicted molar refractivity (Wildman–Crippen MR) is 80.9 cm³/mol. The summed E-state index contributed by atoms with van der Waals surface area (Å²) in [6.45, 7) is 1.33. The maximum Gasteiger partial charge on any atom is 2.00 e. The van der Waals surface area contributed by atoms with Gasteiger partial charge in [-0.15, -0.1) is 0 Å². The Morgan fingerprint density at radius 3 is 1.09 bits per heavy atom. The summed E-state index contributed by atoms with van der Waals surface area (Å²) in [5, 5.41) is 16.4. The number of rotatable bonds is 10. The fourth-order valence-corrected chi connectivity index (χ4v) is 1.19. The van der Waals surface area contributed by atoms with Crippen molar-refractivity contribution in [3.63, 3.8) is 0 Å². The average molecular weight is 485 g/mol. The Labute approximate surface area is 170 Å². The van der Waals surface area contributed by atoms with E-state index in [1.54, 1.807) is 0 Å². The van der Waals surface area contributed by atoms with Gasteiger partial charge in [0.1, 0.15) is 0 Å². The second-order valence-electron chi connectivity index (χ2n) is 3.99. The number of hydrogen-bond acceptors (Lipinski definition) is 4. The Kier molecular flexibility index (Phi) is 72.3. The van der Waals surface area contributed by atoms with E-state index >= 15 is 0 Å². The number of carbonyl (C=O) groups is 2. The summed E-state index contributed by atoms with van der Waals surface area (Å²) in [5.41, 5.74) is 10.4. The maximum atomic E-state index is 9.93. The van der Waals surface area contributed by atoms with Gasteiger partial charge in [0.15, 0.2) is 0 Å². The van der Waals surface area contributed by atoms with Crippen molar-refractivity contribution in [1.82, 2.24) is 0 Å². The van der Waals surface area contributed by atoms with Crippen molar-refractivity contribution < 1.29 is 71.0 Å². The van der Waals surface area contributed by atoms with Gasteiger partial charge in [-0.1, -0.05) is 12.8 Å². The van der Waals surface area contributed by atoms with Crippen LogP contribution in [0, 0.1) is 0 Å². The molecule has 153 valence electrons. The first-order chi connectivity index (χ1) is 8.54. The molecule has 10 N–H and O–H groups in total. The van der Waals surface area contributed by atoms with Gasteiger partial charge in [0, 0.05) is 12.8 Å². The van der Waals surface area contributed by atoms with Gasteiger partial charge < -0.3 is 34.0 Å². The van der Waals surface area contributed by atoms with Crippen LogP contribution >= 0.6 is 0 Å². The van der Waals surface area contributed by atoms with Gasteiger partial charge in [-0.25, -0.2) is 0 Å². The quantitative estimate of drug-likeness (QED) is 0.271. The summed E-state index contributed by atoms with van der Waals surface area (Å²) in [4.78, 5) is 19.9. The Balaban J connectivity index is -0.0000000366. The minimum atomic E-state index is -0.716. The van der Waals surface area contributed by atoms with Gasteiger partial charge in [0.05, 0.1) is 0 Å². The summed E-state index contributed by atoms with van der Waals surface area (Å²) in [6.07, 6.45) is 5.81. The third-order valence-electron chi connectivity index (χ3n) is 2.19. The molecule has 11 heteroatoms. The van der Waals surface area contributed by atoms with Crippen molar-refractivity contribution >= 4 is 11.9 Å². The summed E-state index contributed by atoms with van der Waals surface area (Å²) in [6, 6.07) is 0. The van der Waals surface area contributed by atoms with Crippen LogP contribution in [0.3, 0.4) is 0 Å². The fraction of sp³-hybridized carbons (Fsp3) is 0.833. The van der Waals surface area contributed by atoms with Gasteiger partial charge in [0.2, 0.25) is 0 Å². The molecule has 1 radical (unpaired) electrons. The largest absolute Gasteiger partial charge is 2.00 e. The predicted octanol–water partition coefficient (Wildman–Crippen LogP) is 2.61. The van der Waals surface area contributed by atoms with Crippen LogP contribution < -0.4 is 11.5 Å². The van der Waals surface area contributed by atoms with Crippen LogP contribution in [-0.4, -0.2) is 35.2 Å². The van der Waals surface area contributed by atoms with Gasteiger partial charge in [-0.3, -0.25) is 9.59 Å². The van der Waals surface area contributed by atoms with E-state index in [2.05, 4.69) is 0 Å². The minimum Gasteiger partial charge on any atom is -0.693 e. The summed E-state index contributed by atoms with van der Waals surface area (Å²) in [7, 11) is 0. The molecule has 8 nitrogen and oxygen atoms in total. The van der Waals surface area contributed by atoms with Crippen molar-refractivity contribution in [3.05, 3.63) is 12.3 Å². The molecule has 0 heterocycles. The van der Waals surface area contributed by atoms with Crippen LogP contribution in [0.5, 0.6) is 0 Å². The van der Waals surface area contributed by atoms with Crippen LogP contribution in [-0.2, 0) is 60.8 Å². The molecule has 0 aromatic heterocycles. The van der Waals surface area contributed by atoms with E-state index < -0.39 is 11.9 Å². The molecule has 0 amide bonds. The molecule has 0 saturated carbocycles. The van der Waals surface area contributed by atoms with Crippen molar-refractivity contribution in [2.45, 2.75) is 51.4 Å². The molecule has 0 unspecified atom stereocenters. The standard InChI is InChI=1S/2C6H13NO2.3Cu.2H2N/c2*7-5-3-1-2-4-6(8)9;;;;;/h2*1-5,7H2,(H,8,9);;;;2*1H2/q;;2*+1;+2;2*-1. The van der Waals surface area contributed by atoms with Gasteiger partial charge in [-0.05, 0) is 38.8 Å². The van der Waals surface area contributed by atoms with E-state index in [0.717, 1.165) is 38.5 Å². The molecule has 0 aromatic rings. The van der Waals surface area contributed by atoms with Gasteiger partial charge >= 0.3 is 63.1 Å². The molecular formula is C12H30Cu3N4O4+2. The topological polar surface area (TPSA) is 194 Å². The molecule has 0 aromatic carbocycles. The number of carboxylic acid groups (broad SMARTS) is 2. The fourth-order valence-electron chi connectivity index (χ4n) is 1.19. The smallest absolute Gasteiger partial charge is 0.693 e. The Morgan fingerprint density at radius 1 is 0.652 bits per heavy atom. The second-order valence-corrected chi connectivity index (χ2v) is 3.99. The second kappa shape index (κ2) is 38.1. The van der Waals surface area contributed by atoms with Crippen LogP contribution in [0.4, 0.5) is 0 Å². The molecule has 0 bridgehead atoms. The third-order valence-corrected chi connectivity index (χ3v) is 2.19. The minimum absolute atomic E-state index is 0. The van der Waals surface area contributed by atoms with E-state index in [9.17, 15) is 9.59 Å². The summed E-state index contributed by atoms with van der Waals surface area (Å²) in [5.74, 6) is -1.43. The molecule has 0 rings (SSSR count). The monoisotopic (exact) mass is 483 g/mol. The zero-order valence-electron chi connectivity index (χ0n) is 13.0. The summed E-state index contributed by atoms with van der Waals surface area (Å²) >= 11 is 0. The molecule has 0 saturated heterocycles.